The number of aryl methyl sites for hydroxylation is 1. The van der Waals surface area contributed by atoms with Gasteiger partial charge in [0.15, 0.2) is 0 Å². The van der Waals surface area contributed by atoms with Gasteiger partial charge in [0.1, 0.15) is 0 Å². The van der Waals surface area contributed by atoms with Crippen molar-refractivity contribution in [1.29, 1.82) is 0 Å². The summed E-state index contributed by atoms with van der Waals surface area (Å²) in [5.74, 6) is 0.103. The van der Waals surface area contributed by atoms with Crippen molar-refractivity contribution in [2.75, 3.05) is 51.2 Å². The highest BCUT2D eigenvalue weighted by Crippen LogP contribution is 2.15. The van der Waals surface area contributed by atoms with Gasteiger partial charge in [-0.25, -0.2) is 0 Å². The smallest absolute Gasteiger partial charge is 0.225 e. The highest BCUT2D eigenvalue weighted by Gasteiger charge is 2.22. The van der Waals surface area contributed by atoms with Crippen molar-refractivity contribution >= 4 is 11.6 Å². The highest BCUT2D eigenvalue weighted by molar-refractivity contribution is 5.91. The molecule has 5 nitrogen and oxygen atoms in total. The second-order valence-corrected chi connectivity index (χ2v) is 6.89. The first-order valence-electron chi connectivity index (χ1n) is 9.12. The summed E-state index contributed by atoms with van der Waals surface area (Å²) >= 11 is 0. The van der Waals surface area contributed by atoms with Crippen LogP contribution in [0.5, 0.6) is 0 Å². The number of hydrogen-bond acceptors (Lipinski definition) is 4. The minimum Gasteiger partial charge on any atom is -0.377 e. The van der Waals surface area contributed by atoms with Crippen LogP contribution in [0.25, 0.3) is 0 Å². The van der Waals surface area contributed by atoms with E-state index in [4.69, 9.17) is 4.74 Å². The van der Waals surface area contributed by atoms with Crippen LogP contribution in [0.3, 0.4) is 0 Å². The monoisotopic (exact) mass is 331 g/mol. The Morgan fingerprint density at radius 3 is 2.67 bits per heavy atom. The number of para-hydroxylation sites is 1. The minimum absolute atomic E-state index is 0.103. The first kappa shape index (κ1) is 17.4. The summed E-state index contributed by atoms with van der Waals surface area (Å²) in [7, 11) is 0. The van der Waals surface area contributed by atoms with Gasteiger partial charge in [0.05, 0.1) is 6.10 Å². The van der Waals surface area contributed by atoms with Crippen molar-refractivity contribution in [3.05, 3.63) is 29.8 Å². The van der Waals surface area contributed by atoms with E-state index in [9.17, 15) is 4.79 Å². The Kier molecular flexibility index (Phi) is 6.24. The van der Waals surface area contributed by atoms with Gasteiger partial charge in [-0.2, -0.15) is 0 Å². The van der Waals surface area contributed by atoms with Gasteiger partial charge >= 0.3 is 0 Å². The largest absolute Gasteiger partial charge is 0.377 e. The van der Waals surface area contributed by atoms with Crippen LogP contribution in [0.15, 0.2) is 24.3 Å². The van der Waals surface area contributed by atoms with Crippen molar-refractivity contribution in [3.8, 4) is 0 Å². The molecule has 1 amide bonds. The number of ether oxygens (including phenoxy) is 1. The molecule has 0 radical (unpaired) electrons. The molecule has 0 unspecified atom stereocenters. The summed E-state index contributed by atoms with van der Waals surface area (Å²) in [4.78, 5) is 17.0. The fraction of sp³-hybridized carbons (Fsp3) is 0.632. The molecule has 5 heteroatoms. The van der Waals surface area contributed by atoms with Gasteiger partial charge in [0.25, 0.3) is 0 Å². The first-order chi connectivity index (χ1) is 11.7. The summed E-state index contributed by atoms with van der Waals surface area (Å²) in [6.45, 7) is 9.11. The van der Waals surface area contributed by atoms with Crippen molar-refractivity contribution in [1.82, 2.24) is 9.80 Å². The molecule has 1 aromatic rings. The molecule has 2 aliphatic heterocycles. The number of piperazine rings is 1. The minimum atomic E-state index is 0.103. The van der Waals surface area contributed by atoms with Gasteiger partial charge in [0, 0.05) is 58.0 Å². The van der Waals surface area contributed by atoms with Crippen LogP contribution >= 0.6 is 0 Å². The predicted molar refractivity (Wildman–Crippen MR) is 96.3 cm³/mol. The molecule has 0 saturated carbocycles. The van der Waals surface area contributed by atoms with E-state index in [1.807, 2.05) is 31.2 Å². The van der Waals surface area contributed by atoms with E-state index in [-0.39, 0.29) is 5.91 Å². The van der Waals surface area contributed by atoms with Gasteiger partial charge < -0.3 is 15.0 Å². The molecular formula is C19H29N3O2. The number of anilines is 1. The molecule has 1 N–H and O–H groups in total. The summed E-state index contributed by atoms with van der Waals surface area (Å²) in [6.07, 6.45) is 3.41. The maximum atomic E-state index is 12.1. The molecule has 3 rings (SSSR count). The summed E-state index contributed by atoms with van der Waals surface area (Å²) in [6, 6.07) is 7.91. The van der Waals surface area contributed by atoms with E-state index < -0.39 is 0 Å². The van der Waals surface area contributed by atoms with Crippen LogP contribution in [0.1, 0.15) is 24.8 Å². The Morgan fingerprint density at radius 1 is 1.21 bits per heavy atom. The number of benzene rings is 1. The number of nitrogens with zero attached hydrogens (tertiary/aromatic N) is 2. The molecule has 2 aliphatic rings. The second-order valence-electron chi connectivity index (χ2n) is 6.89. The molecule has 2 saturated heterocycles. The second kappa shape index (κ2) is 8.60. The molecule has 2 fully saturated rings. The number of rotatable bonds is 6. The summed E-state index contributed by atoms with van der Waals surface area (Å²) in [5.41, 5.74) is 2.03. The zero-order valence-electron chi connectivity index (χ0n) is 14.7. The van der Waals surface area contributed by atoms with E-state index in [0.29, 0.717) is 12.5 Å². The Hall–Kier alpha value is -1.43. The van der Waals surface area contributed by atoms with Crippen LogP contribution in [0.2, 0.25) is 0 Å². The van der Waals surface area contributed by atoms with Crippen LogP contribution in [0.4, 0.5) is 5.69 Å². The molecule has 0 bridgehead atoms. The third-order valence-corrected chi connectivity index (χ3v) is 5.02. The topological polar surface area (TPSA) is 44.8 Å². The van der Waals surface area contributed by atoms with Crippen LogP contribution in [-0.4, -0.2) is 67.7 Å². The van der Waals surface area contributed by atoms with E-state index in [0.717, 1.165) is 57.1 Å². The molecule has 0 aromatic heterocycles. The van der Waals surface area contributed by atoms with Gasteiger partial charge in [-0.1, -0.05) is 18.2 Å². The average Bonchev–Trinajstić information content (AvgIpc) is 3.09. The van der Waals surface area contributed by atoms with E-state index in [1.54, 1.807) is 0 Å². The molecule has 2 heterocycles. The molecular weight excluding hydrogens is 302 g/mol. The lowest BCUT2D eigenvalue weighted by Gasteiger charge is -2.35. The number of amides is 1. The van der Waals surface area contributed by atoms with Crippen LogP contribution < -0.4 is 5.32 Å². The Morgan fingerprint density at radius 2 is 1.96 bits per heavy atom. The standard InChI is InChI=1S/C19H29N3O2/c1-16-5-2-3-7-18(16)20-19(23)8-9-21-10-12-22(13-11-21)15-17-6-4-14-24-17/h2-3,5,7,17H,4,6,8-15H2,1H3,(H,20,23)/t17-/m0/s1. The van der Waals surface area contributed by atoms with Gasteiger partial charge in [-0.3, -0.25) is 9.69 Å². The zero-order chi connectivity index (χ0) is 16.8. The zero-order valence-corrected chi connectivity index (χ0v) is 14.7. The SMILES string of the molecule is Cc1ccccc1NC(=O)CCN1CCN(C[C@@H]2CCCO2)CC1. The van der Waals surface area contributed by atoms with Gasteiger partial charge in [0.2, 0.25) is 5.91 Å². The summed E-state index contributed by atoms with van der Waals surface area (Å²) in [5, 5.41) is 3.01. The number of hydrogen-bond donors (Lipinski definition) is 1. The maximum absolute atomic E-state index is 12.1. The lowest BCUT2D eigenvalue weighted by Crippen LogP contribution is -2.48. The van der Waals surface area contributed by atoms with Gasteiger partial charge in [-0.05, 0) is 31.4 Å². The molecule has 132 valence electrons. The predicted octanol–water partition coefficient (Wildman–Crippen LogP) is 2.12. The van der Waals surface area contributed by atoms with Crippen molar-refractivity contribution in [3.63, 3.8) is 0 Å². The fourth-order valence-corrected chi connectivity index (χ4v) is 3.46. The lowest BCUT2D eigenvalue weighted by atomic mass is 10.2. The summed E-state index contributed by atoms with van der Waals surface area (Å²) < 4.78 is 5.72. The quantitative estimate of drug-likeness (QED) is 0.867. The Bertz CT molecular complexity index is 535. The fourth-order valence-electron chi connectivity index (χ4n) is 3.46. The third kappa shape index (κ3) is 5.03. The lowest BCUT2D eigenvalue weighted by molar-refractivity contribution is -0.116. The normalized spacial score (nSPS) is 22.6. The Balaban J connectivity index is 1.34. The van der Waals surface area contributed by atoms with Crippen molar-refractivity contribution in [2.24, 2.45) is 0 Å². The average molecular weight is 331 g/mol. The van der Waals surface area contributed by atoms with E-state index in [2.05, 4.69) is 15.1 Å². The van der Waals surface area contributed by atoms with Crippen LogP contribution in [0, 0.1) is 6.92 Å². The highest BCUT2D eigenvalue weighted by atomic mass is 16.5. The number of carbonyl (C=O) groups excluding carboxylic acids is 1. The maximum Gasteiger partial charge on any atom is 0.225 e. The Labute approximate surface area is 145 Å². The van der Waals surface area contributed by atoms with Gasteiger partial charge in [-0.15, -0.1) is 0 Å². The first-order valence-corrected chi connectivity index (χ1v) is 9.12. The van der Waals surface area contributed by atoms with E-state index in [1.165, 1.54) is 12.8 Å². The van der Waals surface area contributed by atoms with Crippen molar-refractivity contribution < 1.29 is 9.53 Å². The third-order valence-electron chi connectivity index (χ3n) is 5.02. The van der Waals surface area contributed by atoms with Crippen LogP contribution in [-0.2, 0) is 9.53 Å². The number of carbonyl (C=O) groups is 1. The molecule has 1 atom stereocenters. The van der Waals surface area contributed by atoms with E-state index >= 15 is 0 Å². The molecule has 0 spiro atoms. The molecule has 24 heavy (non-hydrogen) atoms. The number of nitrogens with one attached hydrogen (secondary N) is 1. The molecule has 0 aliphatic carbocycles. The van der Waals surface area contributed by atoms with Crippen molar-refractivity contribution in [2.45, 2.75) is 32.3 Å². The molecule has 1 aromatic carbocycles.